The third kappa shape index (κ3) is 6.69. The second kappa shape index (κ2) is 11.8. The van der Waals surface area contributed by atoms with E-state index in [1.807, 2.05) is 18.2 Å². The number of anilines is 1. The first-order valence-electron chi connectivity index (χ1n) is 11.0. The summed E-state index contributed by atoms with van der Waals surface area (Å²) in [4.78, 5) is 29.6. The van der Waals surface area contributed by atoms with Crippen LogP contribution in [0.3, 0.4) is 0 Å². The van der Waals surface area contributed by atoms with Crippen LogP contribution in [0.4, 0.5) is 5.69 Å². The molecule has 2 aromatic rings. The highest BCUT2D eigenvalue weighted by atomic mass is 35.5. The zero-order valence-corrected chi connectivity index (χ0v) is 19.8. The lowest BCUT2D eigenvalue weighted by atomic mass is 10.0. The highest BCUT2D eigenvalue weighted by molar-refractivity contribution is 6.31. The van der Waals surface area contributed by atoms with Gasteiger partial charge in [0.05, 0.1) is 6.10 Å². The van der Waals surface area contributed by atoms with Crippen molar-refractivity contribution in [2.45, 2.75) is 38.0 Å². The lowest BCUT2D eigenvalue weighted by Crippen LogP contribution is -2.38. The molecule has 1 aliphatic rings. The number of nitrogens with two attached hydrogens (primary N) is 2. The Balaban J connectivity index is 1.63. The summed E-state index contributed by atoms with van der Waals surface area (Å²) in [5.41, 5.74) is 14.4. The number of carbonyl (C=O) groups is 2. The molecule has 1 fully saturated rings. The van der Waals surface area contributed by atoms with Gasteiger partial charge in [-0.15, -0.1) is 0 Å². The van der Waals surface area contributed by atoms with E-state index in [0.29, 0.717) is 22.7 Å². The van der Waals surface area contributed by atoms with Gasteiger partial charge in [0.1, 0.15) is 6.04 Å². The first-order valence-corrected chi connectivity index (χ1v) is 11.4. The summed E-state index contributed by atoms with van der Waals surface area (Å²) in [6, 6.07) is 11.2. The van der Waals surface area contributed by atoms with Crippen LogP contribution in [0.5, 0.6) is 0 Å². The third-order valence-corrected chi connectivity index (χ3v) is 6.21. The third-order valence-electron chi connectivity index (χ3n) is 5.85. The fraction of sp³-hybridized carbons (Fsp3) is 0.375. The van der Waals surface area contributed by atoms with Crippen molar-refractivity contribution in [3.63, 3.8) is 0 Å². The van der Waals surface area contributed by atoms with Gasteiger partial charge in [0, 0.05) is 48.6 Å². The smallest absolute Gasteiger partial charge is 0.320 e. The number of hydrogen-bond acceptors (Lipinski definition) is 5. The molecule has 1 heterocycles. The molecule has 0 aliphatic carbocycles. The number of ether oxygens (including phenoxy) is 1. The van der Waals surface area contributed by atoms with Crippen molar-refractivity contribution in [2.24, 2.45) is 16.5 Å². The van der Waals surface area contributed by atoms with E-state index >= 15 is 0 Å². The van der Waals surface area contributed by atoms with Crippen LogP contribution < -0.4 is 21.7 Å². The Labute approximate surface area is 203 Å². The van der Waals surface area contributed by atoms with Crippen LogP contribution in [0.15, 0.2) is 47.5 Å². The lowest BCUT2D eigenvalue weighted by molar-refractivity contribution is -0.138. The summed E-state index contributed by atoms with van der Waals surface area (Å²) in [5, 5.41) is 12.5. The van der Waals surface area contributed by atoms with E-state index in [1.54, 1.807) is 31.4 Å². The topological polar surface area (TPSA) is 143 Å². The van der Waals surface area contributed by atoms with Crippen molar-refractivity contribution < 1.29 is 19.4 Å². The maximum atomic E-state index is 12.5. The fourth-order valence-electron chi connectivity index (χ4n) is 3.87. The number of piperidine rings is 1. The molecule has 1 aliphatic heterocycles. The van der Waals surface area contributed by atoms with Gasteiger partial charge in [0.25, 0.3) is 5.91 Å². The number of guanidine groups is 1. The summed E-state index contributed by atoms with van der Waals surface area (Å²) in [6.07, 6.45) is 2.32. The standard InChI is InChI=1S/C24H30ClN5O4/c1-34-17-9-11-30(12-10-17)21-4-2-3-19(25)18(21)14-28-24(27)29-22(31)16-7-5-15(6-8-16)13-20(26)23(32)33/h2-8,17,20H,9-14,26H2,1H3,(H,32,33)(H3,27,28,29,31). The fourth-order valence-corrected chi connectivity index (χ4v) is 4.10. The SMILES string of the molecule is COC1CCN(c2cccc(Cl)c2CNC(N)=NC(=O)c2ccc(CC(N)C(=O)O)cc2)CC1. The molecule has 34 heavy (non-hydrogen) atoms. The van der Waals surface area contributed by atoms with Crippen LogP contribution >= 0.6 is 11.6 Å². The van der Waals surface area contributed by atoms with E-state index in [1.165, 1.54) is 0 Å². The molecule has 182 valence electrons. The van der Waals surface area contributed by atoms with Crippen LogP contribution in [0.2, 0.25) is 5.02 Å². The molecule has 0 spiro atoms. The molecule has 1 amide bonds. The van der Waals surface area contributed by atoms with Crippen LogP contribution in [0.25, 0.3) is 0 Å². The molecule has 0 bridgehead atoms. The Morgan fingerprint density at radius 3 is 2.53 bits per heavy atom. The molecule has 10 heteroatoms. The number of benzene rings is 2. The predicted molar refractivity (Wildman–Crippen MR) is 132 cm³/mol. The molecule has 3 rings (SSSR count). The molecule has 0 aromatic heterocycles. The average Bonchev–Trinajstić information content (AvgIpc) is 2.83. The van der Waals surface area contributed by atoms with Gasteiger partial charge >= 0.3 is 5.97 Å². The number of carboxylic acids is 1. The molecule has 0 saturated carbocycles. The van der Waals surface area contributed by atoms with Crippen molar-refractivity contribution in [1.29, 1.82) is 0 Å². The molecule has 9 nitrogen and oxygen atoms in total. The Hall–Kier alpha value is -3.14. The highest BCUT2D eigenvalue weighted by Crippen LogP contribution is 2.30. The number of rotatable bonds is 8. The number of halogens is 1. The Bertz CT molecular complexity index is 1040. The molecule has 1 atom stereocenters. The van der Waals surface area contributed by atoms with Gasteiger partial charge in [-0.05, 0) is 49.1 Å². The van der Waals surface area contributed by atoms with Gasteiger partial charge < -0.3 is 31.5 Å². The maximum Gasteiger partial charge on any atom is 0.320 e. The van der Waals surface area contributed by atoms with Gasteiger partial charge in [-0.1, -0.05) is 29.8 Å². The second-order valence-corrected chi connectivity index (χ2v) is 8.57. The van der Waals surface area contributed by atoms with Crippen LogP contribution in [0, 0.1) is 0 Å². The van der Waals surface area contributed by atoms with Crippen LogP contribution in [-0.4, -0.2) is 55.3 Å². The van der Waals surface area contributed by atoms with Crippen molar-refractivity contribution >= 4 is 35.1 Å². The minimum atomic E-state index is -1.08. The van der Waals surface area contributed by atoms with E-state index in [2.05, 4.69) is 15.2 Å². The van der Waals surface area contributed by atoms with Gasteiger partial charge in [-0.25, -0.2) is 0 Å². The molecule has 0 radical (unpaired) electrons. The first kappa shape index (κ1) is 25.5. The Morgan fingerprint density at radius 2 is 1.91 bits per heavy atom. The number of nitrogens with zero attached hydrogens (tertiary/aromatic N) is 2. The predicted octanol–water partition coefficient (Wildman–Crippen LogP) is 2.15. The molecule has 2 aromatic carbocycles. The molecule has 1 saturated heterocycles. The van der Waals surface area contributed by atoms with Crippen molar-refractivity contribution in [3.8, 4) is 0 Å². The highest BCUT2D eigenvalue weighted by Gasteiger charge is 2.21. The van der Waals surface area contributed by atoms with Crippen LogP contribution in [-0.2, 0) is 22.5 Å². The summed E-state index contributed by atoms with van der Waals surface area (Å²) in [7, 11) is 1.74. The zero-order valence-electron chi connectivity index (χ0n) is 19.0. The number of carbonyl (C=O) groups excluding carboxylic acids is 1. The number of hydrogen-bond donors (Lipinski definition) is 4. The van der Waals surface area contributed by atoms with Gasteiger partial charge in [0.2, 0.25) is 0 Å². The number of aliphatic carboxylic acids is 1. The summed E-state index contributed by atoms with van der Waals surface area (Å²) < 4.78 is 5.46. The van der Waals surface area contributed by atoms with E-state index in [4.69, 9.17) is 32.9 Å². The van der Waals surface area contributed by atoms with Gasteiger partial charge in [-0.3, -0.25) is 9.59 Å². The number of methoxy groups -OCH3 is 1. The summed E-state index contributed by atoms with van der Waals surface area (Å²) in [5.74, 6) is -1.62. The molecular formula is C24H30ClN5O4. The molecular weight excluding hydrogens is 458 g/mol. The first-order chi connectivity index (χ1) is 16.3. The Kier molecular flexibility index (Phi) is 8.86. The van der Waals surface area contributed by atoms with E-state index in [9.17, 15) is 9.59 Å². The number of amides is 1. The van der Waals surface area contributed by atoms with Crippen molar-refractivity contribution in [3.05, 3.63) is 64.2 Å². The number of aliphatic imine (C=N–C) groups is 1. The zero-order chi connectivity index (χ0) is 24.7. The summed E-state index contributed by atoms with van der Waals surface area (Å²) >= 11 is 6.48. The largest absolute Gasteiger partial charge is 0.480 e. The molecule has 6 N–H and O–H groups in total. The van der Waals surface area contributed by atoms with Gasteiger partial charge in [0.15, 0.2) is 5.96 Å². The van der Waals surface area contributed by atoms with Crippen molar-refractivity contribution in [2.75, 3.05) is 25.1 Å². The number of nitrogens with one attached hydrogen (secondary N) is 1. The lowest BCUT2D eigenvalue weighted by Gasteiger charge is -2.34. The van der Waals surface area contributed by atoms with E-state index in [-0.39, 0.29) is 18.5 Å². The quantitative estimate of drug-likeness (QED) is 0.327. The van der Waals surface area contributed by atoms with Crippen LogP contribution in [0.1, 0.15) is 34.3 Å². The average molecular weight is 488 g/mol. The molecule has 1 unspecified atom stereocenters. The minimum absolute atomic E-state index is 0.0223. The minimum Gasteiger partial charge on any atom is -0.480 e. The number of carboxylic acid groups (broad SMARTS) is 1. The normalized spacial score (nSPS) is 15.7. The van der Waals surface area contributed by atoms with Gasteiger partial charge in [-0.2, -0.15) is 4.99 Å². The second-order valence-electron chi connectivity index (χ2n) is 8.16. The monoisotopic (exact) mass is 487 g/mol. The van der Waals surface area contributed by atoms with E-state index in [0.717, 1.165) is 37.2 Å². The maximum absolute atomic E-state index is 12.5. The summed E-state index contributed by atoms with van der Waals surface area (Å²) in [6.45, 7) is 2.04. The van der Waals surface area contributed by atoms with E-state index < -0.39 is 17.9 Å². The Morgan fingerprint density at radius 1 is 1.24 bits per heavy atom. The van der Waals surface area contributed by atoms with Crippen molar-refractivity contribution in [1.82, 2.24) is 5.32 Å².